The zero-order chi connectivity index (χ0) is 16.8. The van der Waals surface area contributed by atoms with E-state index in [-0.39, 0.29) is 43.1 Å². The zero-order valence-corrected chi connectivity index (χ0v) is 18.0. The highest BCUT2D eigenvalue weighted by Gasteiger charge is 2.36. The number of nitrogens with one attached hydrogen (secondary N) is 1. The molecule has 0 unspecified atom stereocenters. The second kappa shape index (κ2) is 12.6. The first-order valence-electron chi connectivity index (χ1n) is 8.99. The first-order valence-corrected chi connectivity index (χ1v) is 8.99. The molecule has 0 bridgehead atoms. The normalized spacial score (nSPS) is 18.6. The number of aromatic nitrogens is 2. The molecular formula is C17H31Cl3N6O. The Kier molecular flexibility index (Phi) is 12.2. The van der Waals surface area contributed by atoms with Crippen molar-refractivity contribution in [3.05, 3.63) is 18.5 Å². The van der Waals surface area contributed by atoms with E-state index in [0.717, 1.165) is 70.8 Å². The van der Waals surface area contributed by atoms with E-state index in [2.05, 4.69) is 25.1 Å². The number of rotatable bonds is 6. The Morgan fingerprint density at radius 1 is 1.07 bits per heavy atom. The van der Waals surface area contributed by atoms with E-state index in [4.69, 9.17) is 5.73 Å². The largest absolute Gasteiger partial charge is 0.354 e. The van der Waals surface area contributed by atoms with Gasteiger partial charge in [0.25, 0.3) is 0 Å². The van der Waals surface area contributed by atoms with Crippen molar-refractivity contribution in [3.8, 4) is 0 Å². The average molecular weight is 442 g/mol. The van der Waals surface area contributed by atoms with E-state index >= 15 is 0 Å². The summed E-state index contributed by atoms with van der Waals surface area (Å²) in [6.07, 6.45) is 8.31. The lowest BCUT2D eigenvalue weighted by Crippen LogP contribution is -2.52. The van der Waals surface area contributed by atoms with Gasteiger partial charge in [-0.3, -0.25) is 9.69 Å². The number of carbonyl (C=O) groups excluding carboxylic acids is 1. The van der Waals surface area contributed by atoms with Crippen LogP contribution in [-0.2, 0) is 4.79 Å². The molecule has 1 amide bonds. The third kappa shape index (κ3) is 7.23. The minimum Gasteiger partial charge on any atom is -0.354 e. The van der Waals surface area contributed by atoms with Crippen molar-refractivity contribution in [2.75, 3.05) is 44.2 Å². The fourth-order valence-corrected chi connectivity index (χ4v) is 3.54. The van der Waals surface area contributed by atoms with Gasteiger partial charge < -0.3 is 16.0 Å². The second-order valence-electron chi connectivity index (χ2n) is 6.85. The van der Waals surface area contributed by atoms with Gasteiger partial charge in [0.05, 0.1) is 5.54 Å². The second-order valence-corrected chi connectivity index (χ2v) is 6.85. The van der Waals surface area contributed by atoms with Gasteiger partial charge in [-0.25, -0.2) is 9.97 Å². The maximum absolute atomic E-state index is 12.1. The summed E-state index contributed by atoms with van der Waals surface area (Å²) in [6.45, 7) is 5.62. The first-order chi connectivity index (χ1) is 11.7. The smallest absolute Gasteiger partial charge is 0.240 e. The van der Waals surface area contributed by atoms with Crippen molar-refractivity contribution < 1.29 is 4.79 Å². The van der Waals surface area contributed by atoms with Crippen LogP contribution in [0.15, 0.2) is 18.5 Å². The van der Waals surface area contributed by atoms with Gasteiger partial charge in [0.2, 0.25) is 11.9 Å². The highest BCUT2D eigenvalue weighted by atomic mass is 35.5. The van der Waals surface area contributed by atoms with Crippen LogP contribution >= 0.6 is 37.2 Å². The number of carbonyl (C=O) groups is 1. The summed E-state index contributed by atoms with van der Waals surface area (Å²) < 4.78 is 0. The molecule has 0 aromatic carbocycles. The summed E-state index contributed by atoms with van der Waals surface area (Å²) in [6, 6.07) is 1.84. The summed E-state index contributed by atoms with van der Waals surface area (Å²) in [4.78, 5) is 25.4. The standard InChI is InChI=1S/C17H28N6O.3ClH/c18-17(5-1-2-6-17)15(24)19-9-4-10-22-11-13-23(14-12-22)16-20-7-3-8-21-16;;;/h3,7-8H,1-2,4-6,9-14,18H2,(H,19,24);3*1H. The van der Waals surface area contributed by atoms with Crippen LogP contribution in [0.25, 0.3) is 0 Å². The molecule has 1 aliphatic heterocycles. The summed E-state index contributed by atoms with van der Waals surface area (Å²) in [7, 11) is 0. The van der Waals surface area contributed by atoms with Crippen molar-refractivity contribution in [2.45, 2.75) is 37.6 Å². The quantitative estimate of drug-likeness (QED) is 0.653. The van der Waals surface area contributed by atoms with Crippen LogP contribution in [0.2, 0.25) is 0 Å². The number of halogens is 3. The van der Waals surface area contributed by atoms with Crippen LogP contribution in [-0.4, -0.2) is 65.6 Å². The summed E-state index contributed by atoms with van der Waals surface area (Å²) in [5.74, 6) is 0.847. The van der Waals surface area contributed by atoms with Crippen molar-refractivity contribution in [1.29, 1.82) is 0 Å². The molecule has 1 aliphatic carbocycles. The lowest BCUT2D eigenvalue weighted by molar-refractivity contribution is -0.126. The first kappa shape index (κ1) is 26.1. The third-order valence-electron chi connectivity index (χ3n) is 5.09. The van der Waals surface area contributed by atoms with Gasteiger partial charge in [-0.2, -0.15) is 0 Å². The van der Waals surface area contributed by atoms with Gasteiger partial charge in [-0.05, 0) is 31.9 Å². The molecular weight excluding hydrogens is 411 g/mol. The lowest BCUT2D eigenvalue weighted by atomic mass is 9.98. The molecule has 1 aromatic heterocycles. The zero-order valence-electron chi connectivity index (χ0n) is 15.5. The Balaban J connectivity index is 0.00000225. The molecule has 2 fully saturated rings. The van der Waals surface area contributed by atoms with Crippen LogP contribution < -0.4 is 16.0 Å². The molecule has 1 saturated carbocycles. The maximum Gasteiger partial charge on any atom is 0.240 e. The van der Waals surface area contributed by atoms with E-state index in [0.29, 0.717) is 6.54 Å². The number of amides is 1. The highest BCUT2D eigenvalue weighted by Crippen LogP contribution is 2.27. The van der Waals surface area contributed by atoms with Gasteiger partial charge in [0, 0.05) is 45.1 Å². The molecule has 2 heterocycles. The Hall–Kier alpha value is -0.860. The van der Waals surface area contributed by atoms with Crippen molar-refractivity contribution >= 4 is 49.1 Å². The highest BCUT2D eigenvalue weighted by molar-refractivity contribution is 5.86. The van der Waals surface area contributed by atoms with Crippen molar-refractivity contribution in [3.63, 3.8) is 0 Å². The lowest BCUT2D eigenvalue weighted by Gasteiger charge is -2.34. The fourth-order valence-electron chi connectivity index (χ4n) is 3.54. The third-order valence-corrected chi connectivity index (χ3v) is 5.09. The molecule has 0 radical (unpaired) electrons. The van der Waals surface area contributed by atoms with E-state index in [1.165, 1.54) is 0 Å². The SMILES string of the molecule is Cl.Cl.Cl.NC1(C(=O)NCCCN2CCN(c3ncccn3)CC2)CCCC1. The van der Waals surface area contributed by atoms with E-state index in [1.807, 2.05) is 6.07 Å². The predicted octanol–water partition coefficient (Wildman–Crippen LogP) is 1.64. The molecule has 0 atom stereocenters. The van der Waals surface area contributed by atoms with Crippen molar-refractivity contribution in [2.24, 2.45) is 5.73 Å². The number of nitrogens with two attached hydrogens (primary N) is 1. The van der Waals surface area contributed by atoms with Crippen molar-refractivity contribution in [1.82, 2.24) is 20.2 Å². The topological polar surface area (TPSA) is 87.4 Å². The van der Waals surface area contributed by atoms with Gasteiger partial charge in [0.15, 0.2) is 0 Å². The number of hydrogen-bond acceptors (Lipinski definition) is 6. The molecule has 3 rings (SSSR count). The van der Waals surface area contributed by atoms with Gasteiger partial charge in [-0.15, -0.1) is 37.2 Å². The molecule has 1 saturated heterocycles. The molecule has 2 aliphatic rings. The summed E-state index contributed by atoms with van der Waals surface area (Å²) in [5, 5.41) is 3.02. The molecule has 1 aromatic rings. The van der Waals surface area contributed by atoms with Crippen LogP contribution in [0.5, 0.6) is 0 Å². The number of anilines is 1. The fraction of sp³-hybridized carbons (Fsp3) is 0.706. The number of hydrogen-bond donors (Lipinski definition) is 2. The molecule has 3 N–H and O–H groups in total. The number of nitrogens with zero attached hydrogens (tertiary/aromatic N) is 4. The monoisotopic (exact) mass is 440 g/mol. The molecule has 0 spiro atoms. The van der Waals surface area contributed by atoms with Crippen LogP contribution in [0.4, 0.5) is 5.95 Å². The predicted molar refractivity (Wildman–Crippen MR) is 115 cm³/mol. The molecule has 156 valence electrons. The minimum atomic E-state index is -0.610. The van der Waals surface area contributed by atoms with E-state index in [1.54, 1.807) is 12.4 Å². The Bertz CT molecular complexity index is 537. The minimum absolute atomic E-state index is 0. The maximum atomic E-state index is 12.1. The Morgan fingerprint density at radius 2 is 1.67 bits per heavy atom. The average Bonchev–Trinajstić information content (AvgIpc) is 3.08. The van der Waals surface area contributed by atoms with Gasteiger partial charge in [-0.1, -0.05) is 12.8 Å². The molecule has 10 heteroatoms. The van der Waals surface area contributed by atoms with E-state index in [9.17, 15) is 4.79 Å². The summed E-state index contributed by atoms with van der Waals surface area (Å²) >= 11 is 0. The van der Waals surface area contributed by atoms with Gasteiger partial charge in [0.1, 0.15) is 0 Å². The summed E-state index contributed by atoms with van der Waals surface area (Å²) in [5.41, 5.74) is 5.55. The molecule has 7 nitrogen and oxygen atoms in total. The number of piperazine rings is 1. The van der Waals surface area contributed by atoms with Crippen LogP contribution in [0, 0.1) is 0 Å². The van der Waals surface area contributed by atoms with Gasteiger partial charge >= 0.3 is 0 Å². The van der Waals surface area contributed by atoms with Crippen LogP contribution in [0.1, 0.15) is 32.1 Å². The van der Waals surface area contributed by atoms with Crippen LogP contribution in [0.3, 0.4) is 0 Å². The van der Waals surface area contributed by atoms with E-state index < -0.39 is 5.54 Å². The Morgan fingerprint density at radius 3 is 2.26 bits per heavy atom. The molecule has 27 heavy (non-hydrogen) atoms. The Labute approximate surface area is 180 Å².